The van der Waals surface area contributed by atoms with Crippen molar-refractivity contribution in [1.82, 2.24) is 0 Å². The third kappa shape index (κ3) is 3.29. The number of allylic oxidation sites excluding steroid dienone is 3. The molecule has 1 aliphatic carbocycles. The van der Waals surface area contributed by atoms with Crippen LogP contribution in [0.15, 0.2) is 115 Å². The number of imide groups is 1. The largest absolute Gasteiger partial charge is 0.507 e. The Hall–Kier alpha value is -4.15. The number of anilines is 1. The van der Waals surface area contributed by atoms with Crippen LogP contribution in [0.1, 0.15) is 23.5 Å². The van der Waals surface area contributed by atoms with Gasteiger partial charge >= 0.3 is 0 Å². The van der Waals surface area contributed by atoms with Gasteiger partial charge in [-0.25, -0.2) is 4.90 Å². The van der Waals surface area contributed by atoms with Gasteiger partial charge in [0.1, 0.15) is 5.75 Å². The van der Waals surface area contributed by atoms with Gasteiger partial charge in [0.25, 0.3) is 0 Å². The predicted octanol–water partition coefficient (Wildman–Crippen LogP) is 6.93. The van der Waals surface area contributed by atoms with Crippen molar-refractivity contribution in [3.63, 3.8) is 0 Å². The Morgan fingerprint density at radius 3 is 2.38 bits per heavy atom. The van der Waals surface area contributed by atoms with Crippen molar-refractivity contribution in [3.05, 3.63) is 131 Å². The van der Waals surface area contributed by atoms with E-state index in [0.29, 0.717) is 22.5 Å². The summed E-state index contributed by atoms with van der Waals surface area (Å²) < 4.78 is 0. The van der Waals surface area contributed by atoms with Crippen LogP contribution in [0.25, 0.3) is 10.8 Å². The molecule has 0 saturated carbocycles. The zero-order valence-electron chi connectivity index (χ0n) is 20.0. The first kappa shape index (κ1) is 23.3. The lowest BCUT2D eigenvalue weighted by atomic mass is 9.55. The zero-order valence-corrected chi connectivity index (χ0v) is 20.7. The summed E-state index contributed by atoms with van der Waals surface area (Å²) in [6.07, 6.45) is 4.22. The number of halogens is 1. The number of amides is 2. The van der Waals surface area contributed by atoms with Gasteiger partial charge in [0.15, 0.2) is 0 Å². The molecule has 37 heavy (non-hydrogen) atoms. The molecule has 1 N–H and O–H groups in total. The minimum Gasteiger partial charge on any atom is -0.507 e. The van der Waals surface area contributed by atoms with Gasteiger partial charge in [-0.1, -0.05) is 97.1 Å². The van der Waals surface area contributed by atoms with E-state index in [2.05, 4.69) is 6.58 Å². The van der Waals surface area contributed by atoms with Crippen LogP contribution in [0.5, 0.6) is 5.75 Å². The topological polar surface area (TPSA) is 57.6 Å². The number of aromatic hydroxyl groups is 1. The second-order valence-corrected chi connectivity index (χ2v) is 9.98. The van der Waals surface area contributed by atoms with Gasteiger partial charge < -0.3 is 5.11 Å². The summed E-state index contributed by atoms with van der Waals surface area (Å²) in [5.74, 6) is -1.49. The van der Waals surface area contributed by atoms with Crippen LogP contribution in [0.2, 0.25) is 5.02 Å². The van der Waals surface area contributed by atoms with Crippen molar-refractivity contribution in [2.75, 3.05) is 4.90 Å². The monoisotopic (exact) mass is 505 g/mol. The number of carbonyl (C=O) groups excluding carboxylic acids is 2. The molecular formula is C32H24ClNO3. The van der Waals surface area contributed by atoms with Crippen LogP contribution in [0, 0.1) is 5.92 Å². The summed E-state index contributed by atoms with van der Waals surface area (Å²) in [5, 5.41) is 12.6. The Morgan fingerprint density at radius 2 is 1.65 bits per heavy atom. The fraction of sp³-hybridized carbons (Fsp3) is 0.125. The van der Waals surface area contributed by atoms with Crippen LogP contribution in [0.3, 0.4) is 0 Å². The molecule has 3 atom stereocenters. The molecule has 0 radical (unpaired) electrons. The van der Waals surface area contributed by atoms with Gasteiger partial charge in [0.2, 0.25) is 11.8 Å². The highest BCUT2D eigenvalue weighted by Gasteiger charge is 2.65. The maximum absolute atomic E-state index is 14.8. The van der Waals surface area contributed by atoms with Crippen LogP contribution in [-0.4, -0.2) is 16.9 Å². The smallest absolute Gasteiger partial charge is 0.246 e. The van der Waals surface area contributed by atoms with Gasteiger partial charge in [0.05, 0.1) is 17.0 Å². The minimum absolute atomic E-state index is 0.166. The highest BCUT2D eigenvalue weighted by molar-refractivity contribution is 6.32. The Bertz CT molecular complexity index is 1610. The number of hydrogen-bond acceptors (Lipinski definition) is 3. The normalized spacial score (nSPS) is 23.2. The van der Waals surface area contributed by atoms with Gasteiger partial charge in [-0.15, -0.1) is 0 Å². The number of phenolic OH excluding ortho intramolecular Hbond substituents is 1. The molecule has 2 amide bonds. The Balaban J connectivity index is 1.69. The standard InChI is InChI=1S/C32H24ClNO3/c1-2-20-15-17-27-30(36)34(23-12-8-11-22(33)19-23)31(37)32(27,21-9-4-3-5-10-21)29(20)26-16-18-28(35)25-14-7-6-13-24(25)26/h2-16,18-19,27,29,35H,1,17H2/t27-,29+,32+/m0/s1. The first-order chi connectivity index (χ1) is 18.0. The number of carbonyl (C=O) groups is 2. The lowest BCUT2D eigenvalue weighted by Crippen LogP contribution is -2.48. The molecule has 2 aliphatic rings. The molecule has 6 rings (SSSR count). The van der Waals surface area contributed by atoms with E-state index >= 15 is 0 Å². The van der Waals surface area contributed by atoms with Crippen LogP contribution < -0.4 is 4.90 Å². The van der Waals surface area contributed by atoms with E-state index in [9.17, 15) is 14.7 Å². The molecule has 4 nitrogen and oxygen atoms in total. The minimum atomic E-state index is -1.21. The van der Waals surface area contributed by atoms with Gasteiger partial charge in [0, 0.05) is 16.3 Å². The lowest BCUT2D eigenvalue weighted by Gasteiger charge is -2.43. The van der Waals surface area contributed by atoms with Gasteiger partial charge in [-0.2, -0.15) is 0 Å². The third-order valence-electron chi connectivity index (χ3n) is 7.80. The number of phenols is 1. The SMILES string of the molecule is C=CC1=CC[C@H]2C(=O)N(c3cccc(Cl)c3)C(=O)[C@@]2(c2ccccc2)[C@H]1c1ccc(O)c2ccccc12. The molecule has 1 fully saturated rings. The molecule has 5 heteroatoms. The second kappa shape index (κ2) is 8.75. The molecule has 4 aromatic carbocycles. The number of benzene rings is 4. The molecule has 0 spiro atoms. The van der Waals surface area contributed by atoms with E-state index in [-0.39, 0.29) is 17.6 Å². The lowest BCUT2D eigenvalue weighted by molar-refractivity contribution is -0.123. The summed E-state index contributed by atoms with van der Waals surface area (Å²) in [7, 11) is 0. The van der Waals surface area contributed by atoms with E-state index in [1.807, 2.05) is 66.7 Å². The molecule has 0 bridgehead atoms. The summed E-state index contributed by atoms with van der Waals surface area (Å²) >= 11 is 6.28. The van der Waals surface area contributed by atoms with Crippen LogP contribution in [-0.2, 0) is 15.0 Å². The van der Waals surface area contributed by atoms with E-state index in [0.717, 1.165) is 22.1 Å². The summed E-state index contributed by atoms with van der Waals surface area (Å²) in [5.41, 5.74) is 1.77. The molecule has 182 valence electrons. The summed E-state index contributed by atoms with van der Waals surface area (Å²) in [6, 6.07) is 27.6. The first-order valence-electron chi connectivity index (χ1n) is 12.2. The predicted molar refractivity (Wildman–Crippen MR) is 147 cm³/mol. The average molecular weight is 506 g/mol. The van der Waals surface area contributed by atoms with Crippen molar-refractivity contribution < 1.29 is 14.7 Å². The van der Waals surface area contributed by atoms with Crippen LogP contribution in [0.4, 0.5) is 5.69 Å². The number of hydrogen-bond donors (Lipinski definition) is 1. The highest BCUT2D eigenvalue weighted by Crippen LogP contribution is 2.59. The summed E-state index contributed by atoms with van der Waals surface area (Å²) in [4.78, 5) is 30.2. The van der Waals surface area contributed by atoms with Crippen molar-refractivity contribution in [1.29, 1.82) is 0 Å². The van der Waals surface area contributed by atoms with Crippen molar-refractivity contribution in [3.8, 4) is 5.75 Å². The highest BCUT2D eigenvalue weighted by atomic mass is 35.5. The molecule has 0 unspecified atom stereocenters. The number of rotatable bonds is 4. The molecule has 1 heterocycles. The molecular weight excluding hydrogens is 482 g/mol. The zero-order chi connectivity index (χ0) is 25.7. The van der Waals surface area contributed by atoms with Gasteiger partial charge in [-0.05, 0) is 52.8 Å². The van der Waals surface area contributed by atoms with Crippen molar-refractivity contribution in [2.24, 2.45) is 5.92 Å². The molecule has 1 aliphatic heterocycles. The molecule has 0 aromatic heterocycles. The van der Waals surface area contributed by atoms with E-state index in [1.54, 1.807) is 36.4 Å². The van der Waals surface area contributed by atoms with E-state index < -0.39 is 17.3 Å². The second-order valence-electron chi connectivity index (χ2n) is 9.54. The molecule has 1 saturated heterocycles. The first-order valence-corrected chi connectivity index (χ1v) is 12.6. The quantitative estimate of drug-likeness (QED) is 0.306. The maximum atomic E-state index is 14.8. The molecule has 4 aromatic rings. The fourth-order valence-corrected chi connectivity index (χ4v) is 6.46. The summed E-state index contributed by atoms with van der Waals surface area (Å²) in [6.45, 7) is 4.08. The maximum Gasteiger partial charge on any atom is 0.246 e. The van der Waals surface area contributed by atoms with Crippen molar-refractivity contribution >= 4 is 39.9 Å². The number of nitrogens with zero attached hydrogens (tertiary/aromatic N) is 1. The third-order valence-corrected chi connectivity index (χ3v) is 8.04. The number of fused-ring (bicyclic) bond motifs is 2. The Morgan fingerprint density at radius 1 is 0.919 bits per heavy atom. The van der Waals surface area contributed by atoms with Crippen molar-refractivity contribution in [2.45, 2.75) is 17.8 Å². The van der Waals surface area contributed by atoms with Crippen LogP contribution >= 0.6 is 11.6 Å². The van der Waals surface area contributed by atoms with E-state index in [1.165, 1.54) is 4.90 Å². The Labute approximate surface area is 220 Å². The van der Waals surface area contributed by atoms with Gasteiger partial charge in [-0.3, -0.25) is 9.59 Å². The fourth-order valence-electron chi connectivity index (χ4n) is 6.28. The Kier molecular flexibility index (Phi) is 5.50. The average Bonchev–Trinajstić information content (AvgIpc) is 3.16. The van der Waals surface area contributed by atoms with E-state index in [4.69, 9.17) is 11.6 Å².